The molecule has 1 saturated carbocycles. The summed E-state index contributed by atoms with van der Waals surface area (Å²) in [5, 5.41) is 0. The maximum absolute atomic E-state index is 12.7. The average molecular weight is 501 g/mol. The molecule has 1 N–H and O–H groups in total. The molecule has 2 aromatic rings. The van der Waals surface area contributed by atoms with Crippen molar-refractivity contribution in [3.63, 3.8) is 0 Å². The van der Waals surface area contributed by atoms with Gasteiger partial charge in [-0.15, -0.1) is 11.3 Å². The van der Waals surface area contributed by atoms with Crippen LogP contribution in [0.3, 0.4) is 0 Å². The number of nitrogens with one attached hydrogen (secondary N) is 1. The molecule has 0 atom stereocenters. The number of anilines is 1. The minimum Gasteiger partial charge on any atom is -0.493 e. The van der Waals surface area contributed by atoms with Crippen molar-refractivity contribution in [2.45, 2.75) is 36.7 Å². The molecule has 0 spiro atoms. The number of hydrogen-bond acceptors (Lipinski definition) is 5. The molecule has 0 amide bonds. The minimum atomic E-state index is -3.92. The highest BCUT2D eigenvalue weighted by atomic mass is 79.9. The first-order valence-electron chi connectivity index (χ1n) is 7.82. The van der Waals surface area contributed by atoms with Crippen LogP contribution in [-0.2, 0) is 10.0 Å². The van der Waals surface area contributed by atoms with E-state index in [0.29, 0.717) is 17.2 Å². The number of sulfonamides is 1. The second-order valence-electron chi connectivity index (χ2n) is 5.79. The van der Waals surface area contributed by atoms with Gasteiger partial charge in [0.2, 0.25) is 0 Å². The Morgan fingerprint density at radius 1 is 1.19 bits per heavy atom. The third-order valence-corrected chi connectivity index (χ3v) is 8.86. The fraction of sp³-hybridized carbons (Fsp3) is 0.375. The number of methoxy groups -OCH3 is 1. The molecule has 1 aromatic carbocycles. The predicted octanol–water partition coefficient (Wildman–Crippen LogP) is 5.95. The van der Waals surface area contributed by atoms with Gasteiger partial charge in [0.15, 0.2) is 11.5 Å². The van der Waals surface area contributed by atoms with Gasteiger partial charge in [0.05, 0.1) is 23.4 Å². The highest BCUT2D eigenvalue weighted by Gasteiger charge is 2.27. The lowest BCUT2D eigenvalue weighted by atomic mass is 10.2. The molecule has 0 radical (unpaired) electrons. The third kappa shape index (κ3) is 4.25. The van der Waals surface area contributed by atoms with E-state index in [1.165, 1.54) is 0 Å². The fourth-order valence-corrected chi connectivity index (χ4v) is 7.40. The monoisotopic (exact) mass is 499 g/mol. The normalized spacial score (nSPS) is 15.2. The molecule has 0 unspecified atom stereocenters. The van der Waals surface area contributed by atoms with Gasteiger partial charge in [-0.2, -0.15) is 0 Å². The van der Waals surface area contributed by atoms with Crippen LogP contribution in [0.2, 0.25) is 8.67 Å². The van der Waals surface area contributed by atoms with Crippen molar-refractivity contribution >= 4 is 66.2 Å². The number of ether oxygens (including phenoxy) is 2. The molecule has 0 bridgehead atoms. The summed E-state index contributed by atoms with van der Waals surface area (Å²) < 4.78 is 39.9. The number of thiophene rings is 1. The Morgan fingerprint density at radius 2 is 1.88 bits per heavy atom. The van der Waals surface area contributed by atoms with Crippen molar-refractivity contribution in [1.82, 2.24) is 0 Å². The summed E-state index contributed by atoms with van der Waals surface area (Å²) in [6.45, 7) is 0. The van der Waals surface area contributed by atoms with E-state index in [1.807, 2.05) is 0 Å². The van der Waals surface area contributed by atoms with Crippen LogP contribution in [0.25, 0.3) is 0 Å². The third-order valence-electron chi connectivity index (χ3n) is 4.01. The molecule has 1 aliphatic rings. The summed E-state index contributed by atoms with van der Waals surface area (Å²) in [5.41, 5.74) is 0.351. The van der Waals surface area contributed by atoms with Gasteiger partial charge >= 0.3 is 0 Å². The van der Waals surface area contributed by atoms with Crippen molar-refractivity contribution in [3.05, 3.63) is 31.3 Å². The van der Waals surface area contributed by atoms with Gasteiger partial charge in [-0.05, 0) is 53.7 Å². The summed E-state index contributed by atoms with van der Waals surface area (Å²) in [4.78, 5) is -0.0803. The van der Waals surface area contributed by atoms with Crippen molar-refractivity contribution in [3.8, 4) is 11.5 Å². The number of hydrogen-bond donors (Lipinski definition) is 1. The van der Waals surface area contributed by atoms with Crippen LogP contribution in [0.1, 0.15) is 25.7 Å². The molecule has 0 aliphatic heterocycles. The van der Waals surface area contributed by atoms with Crippen LogP contribution >= 0.6 is 50.5 Å². The zero-order valence-corrected chi connectivity index (χ0v) is 18.5. The number of benzene rings is 1. The summed E-state index contributed by atoms with van der Waals surface area (Å²) in [6, 6.07) is 4.89. The predicted molar refractivity (Wildman–Crippen MR) is 109 cm³/mol. The molecular formula is C16H16BrCl2NO4S2. The largest absolute Gasteiger partial charge is 0.493 e. The van der Waals surface area contributed by atoms with Gasteiger partial charge in [0.1, 0.15) is 13.6 Å². The summed E-state index contributed by atoms with van der Waals surface area (Å²) in [5.74, 6) is 1.06. The molecule has 1 aromatic heterocycles. The lowest BCUT2D eigenvalue weighted by Crippen LogP contribution is -2.14. The van der Waals surface area contributed by atoms with Crippen molar-refractivity contribution in [2.75, 3.05) is 11.8 Å². The molecule has 142 valence electrons. The smallest absolute Gasteiger partial charge is 0.265 e. The van der Waals surface area contributed by atoms with E-state index in [9.17, 15) is 8.42 Å². The highest BCUT2D eigenvalue weighted by molar-refractivity contribution is 9.10. The number of rotatable bonds is 6. The lowest BCUT2D eigenvalue weighted by molar-refractivity contribution is 0.201. The first kappa shape index (κ1) is 20.1. The summed E-state index contributed by atoms with van der Waals surface area (Å²) in [7, 11) is -2.37. The molecular weight excluding hydrogens is 485 g/mol. The molecule has 0 saturated heterocycles. The quantitative estimate of drug-likeness (QED) is 0.532. The lowest BCUT2D eigenvalue weighted by Gasteiger charge is -2.17. The van der Waals surface area contributed by atoms with E-state index >= 15 is 0 Å². The molecule has 5 nitrogen and oxygen atoms in total. The minimum absolute atomic E-state index is 0.0803. The van der Waals surface area contributed by atoms with Crippen molar-refractivity contribution in [1.29, 1.82) is 0 Å². The number of halogens is 3. The summed E-state index contributed by atoms with van der Waals surface area (Å²) in [6.07, 6.45) is 4.34. The molecule has 1 heterocycles. The Morgan fingerprint density at radius 3 is 2.46 bits per heavy atom. The Balaban J connectivity index is 1.89. The van der Waals surface area contributed by atoms with E-state index < -0.39 is 10.0 Å². The van der Waals surface area contributed by atoms with Crippen LogP contribution < -0.4 is 14.2 Å². The van der Waals surface area contributed by atoms with Gasteiger partial charge in [-0.3, -0.25) is 4.72 Å². The maximum Gasteiger partial charge on any atom is 0.265 e. The highest BCUT2D eigenvalue weighted by Crippen LogP contribution is 2.44. The van der Waals surface area contributed by atoms with Crippen molar-refractivity contribution in [2.24, 2.45) is 0 Å². The van der Waals surface area contributed by atoms with E-state index in [4.69, 9.17) is 32.7 Å². The zero-order valence-electron chi connectivity index (χ0n) is 13.7. The molecule has 26 heavy (non-hydrogen) atoms. The Labute approximate surface area is 174 Å². The standard InChI is InChI=1S/C16H16BrCl2NO4S2/c1-23-11-7-6-9(8-12(11)24-10-4-2-3-5-10)20-26(21,22)14-13(17)15(18)25-16(14)19/h6-8,10,20H,2-5H2,1H3. The topological polar surface area (TPSA) is 64.6 Å². The van der Waals surface area contributed by atoms with E-state index in [2.05, 4.69) is 20.7 Å². The van der Waals surface area contributed by atoms with Crippen LogP contribution in [0.4, 0.5) is 5.69 Å². The summed E-state index contributed by atoms with van der Waals surface area (Å²) >= 11 is 16.2. The maximum atomic E-state index is 12.7. The average Bonchev–Trinajstić information content (AvgIpc) is 3.16. The molecule has 1 fully saturated rings. The zero-order chi connectivity index (χ0) is 18.9. The Bertz CT molecular complexity index is 911. The van der Waals surface area contributed by atoms with Crippen molar-refractivity contribution < 1.29 is 17.9 Å². The molecule has 3 rings (SSSR count). The van der Waals surface area contributed by atoms with Gasteiger partial charge in [-0.25, -0.2) is 8.42 Å². The van der Waals surface area contributed by atoms with E-state index in [0.717, 1.165) is 37.0 Å². The van der Waals surface area contributed by atoms with Gasteiger partial charge in [0, 0.05) is 6.07 Å². The fourth-order valence-electron chi connectivity index (χ4n) is 2.79. The first-order valence-corrected chi connectivity index (χ1v) is 11.7. The molecule has 10 heteroatoms. The van der Waals surface area contributed by atoms with E-state index in [-0.39, 0.29) is 24.1 Å². The van der Waals surface area contributed by atoms with Crippen LogP contribution in [0.5, 0.6) is 11.5 Å². The first-order chi connectivity index (χ1) is 12.3. The van der Waals surface area contributed by atoms with Crippen LogP contribution in [-0.4, -0.2) is 21.6 Å². The van der Waals surface area contributed by atoms with E-state index in [1.54, 1.807) is 25.3 Å². The second-order valence-corrected chi connectivity index (χ2v) is 10.4. The van der Waals surface area contributed by atoms with Gasteiger partial charge in [-0.1, -0.05) is 23.2 Å². The SMILES string of the molecule is COc1ccc(NS(=O)(=O)c2c(Cl)sc(Cl)c2Br)cc1OC1CCCC1. The van der Waals surface area contributed by atoms with Crippen LogP contribution in [0.15, 0.2) is 27.6 Å². The van der Waals surface area contributed by atoms with Crippen LogP contribution in [0, 0.1) is 0 Å². The second kappa shape index (κ2) is 8.14. The Hall–Kier alpha value is -0.670. The van der Waals surface area contributed by atoms with Gasteiger partial charge in [0.25, 0.3) is 10.0 Å². The Kier molecular flexibility index (Phi) is 6.29. The van der Waals surface area contributed by atoms with Gasteiger partial charge < -0.3 is 9.47 Å². The molecule has 1 aliphatic carbocycles.